The summed E-state index contributed by atoms with van der Waals surface area (Å²) in [6.45, 7) is 1.01. The average Bonchev–Trinajstić information content (AvgIpc) is 2.45. The summed E-state index contributed by atoms with van der Waals surface area (Å²) in [5.41, 5.74) is 7.66. The molecule has 0 saturated carbocycles. The van der Waals surface area contributed by atoms with Gasteiger partial charge in [0.05, 0.1) is 0 Å². The summed E-state index contributed by atoms with van der Waals surface area (Å²) in [5, 5.41) is 0. The fourth-order valence-corrected chi connectivity index (χ4v) is 1.50. The van der Waals surface area contributed by atoms with Crippen LogP contribution in [0, 0.1) is 0 Å². The number of aromatic nitrogens is 1. The molecular formula is C15H16N2O. The van der Waals surface area contributed by atoms with E-state index in [-0.39, 0.29) is 0 Å². The average molecular weight is 240 g/mol. The minimum atomic E-state index is 0.501. The quantitative estimate of drug-likeness (QED) is 0.874. The van der Waals surface area contributed by atoms with Crippen molar-refractivity contribution in [2.24, 2.45) is 5.73 Å². The van der Waals surface area contributed by atoms with Crippen LogP contribution in [0.25, 0.3) is 6.08 Å². The molecule has 0 fully saturated rings. The molecule has 2 rings (SSSR count). The van der Waals surface area contributed by atoms with Gasteiger partial charge in [-0.15, -0.1) is 0 Å². The lowest BCUT2D eigenvalue weighted by Gasteiger charge is -2.02. The number of nitrogens with two attached hydrogens (primary N) is 1. The van der Waals surface area contributed by atoms with Gasteiger partial charge in [0.25, 0.3) is 0 Å². The number of pyridine rings is 1. The van der Waals surface area contributed by atoms with Crippen LogP contribution in [0.3, 0.4) is 0 Å². The summed E-state index contributed by atoms with van der Waals surface area (Å²) in [6, 6.07) is 13.9. The van der Waals surface area contributed by atoms with E-state index in [9.17, 15) is 0 Å². The van der Waals surface area contributed by atoms with Crippen LogP contribution in [0.2, 0.25) is 0 Å². The summed E-state index contributed by atoms with van der Waals surface area (Å²) in [7, 11) is 0. The second kappa shape index (κ2) is 6.57. The maximum absolute atomic E-state index is 5.49. The molecule has 0 aliphatic heterocycles. The van der Waals surface area contributed by atoms with Gasteiger partial charge in [0.15, 0.2) is 0 Å². The Kier molecular flexibility index (Phi) is 4.50. The zero-order chi connectivity index (χ0) is 12.6. The van der Waals surface area contributed by atoms with E-state index < -0.39 is 0 Å². The molecule has 0 spiro atoms. The van der Waals surface area contributed by atoms with E-state index in [1.165, 1.54) is 0 Å². The van der Waals surface area contributed by atoms with E-state index in [0.717, 1.165) is 11.1 Å². The molecule has 3 heteroatoms. The second-order valence-corrected chi connectivity index (χ2v) is 3.83. The van der Waals surface area contributed by atoms with Crippen molar-refractivity contribution in [2.75, 3.05) is 6.61 Å². The molecule has 0 unspecified atom stereocenters. The standard InChI is InChI=1S/C15H16N2O/c16-11-14-8-9-15(17-12-14)18-10-4-7-13-5-2-1-3-6-13/h1-9,12H,10-11,16H2. The van der Waals surface area contributed by atoms with Crippen LogP contribution in [0.5, 0.6) is 5.88 Å². The number of rotatable bonds is 5. The minimum Gasteiger partial charge on any atom is -0.473 e. The van der Waals surface area contributed by atoms with Crippen LogP contribution in [-0.4, -0.2) is 11.6 Å². The molecule has 1 heterocycles. The van der Waals surface area contributed by atoms with Gasteiger partial charge in [0.2, 0.25) is 5.88 Å². The van der Waals surface area contributed by atoms with Gasteiger partial charge in [-0.25, -0.2) is 4.98 Å². The highest BCUT2D eigenvalue weighted by atomic mass is 16.5. The number of benzene rings is 1. The Morgan fingerprint density at radius 3 is 2.61 bits per heavy atom. The first-order valence-corrected chi connectivity index (χ1v) is 5.88. The first-order chi connectivity index (χ1) is 8.88. The molecule has 0 bridgehead atoms. The van der Waals surface area contributed by atoms with Crippen molar-refractivity contribution in [3.63, 3.8) is 0 Å². The molecule has 18 heavy (non-hydrogen) atoms. The third-order valence-corrected chi connectivity index (χ3v) is 2.47. The highest BCUT2D eigenvalue weighted by molar-refractivity contribution is 5.48. The third-order valence-electron chi connectivity index (χ3n) is 2.47. The molecule has 1 aromatic carbocycles. The van der Waals surface area contributed by atoms with Gasteiger partial charge < -0.3 is 10.5 Å². The van der Waals surface area contributed by atoms with Crippen molar-refractivity contribution in [1.29, 1.82) is 0 Å². The minimum absolute atomic E-state index is 0.501. The molecular weight excluding hydrogens is 224 g/mol. The smallest absolute Gasteiger partial charge is 0.213 e. The Morgan fingerprint density at radius 2 is 1.94 bits per heavy atom. The lowest BCUT2D eigenvalue weighted by Crippen LogP contribution is -1.99. The molecule has 2 aromatic rings. The molecule has 0 amide bonds. The lowest BCUT2D eigenvalue weighted by atomic mass is 10.2. The van der Waals surface area contributed by atoms with Crippen LogP contribution in [0.15, 0.2) is 54.7 Å². The monoisotopic (exact) mass is 240 g/mol. The maximum Gasteiger partial charge on any atom is 0.213 e. The Morgan fingerprint density at radius 1 is 1.11 bits per heavy atom. The molecule has 1 aromatic heterocycles. The van der Waals surface area contributed by atoms with Crippen molar-refractivity contribution in [1.82, 2.24) is 4.98 Å². The van der Waals surface area contributed by atoms with Crippen LogP contribution in [-0.2, 0) is 6.54 Å². The Labute approximate surface area is 107 Å². The summed E-state index contributed by atoms with van der Waals surface area (Å²) < 4.78 is 5.49. The number of hydrogen-bond donors (Lipinski definition) is 1. The zero-order valence-electron chi connectivity index (χ0n) is 10.1. The van der Waals surface area contributed by atoms with Gasteiger partial charge in [-0.2, -0.15) is 0 Å². The fourth-order valence-electron chi connectivity index (χ4n) is 1.50. The molecule has 2 N–H and O–H groups in total. The molecule has 0 saturated heterocycles. The first kappa shape index (κ1) is 12.3. The highest BCUT2D eigenvalue weighted by Gasteiger charge is 1.93. The molecule has 0 aliphatic carbocycles. The number of hydrogen-bond acceptors (Lipinski definition) is 3. The van der Waals surface area contributed by atoms with Crippen molar-refractivity contribution in [3.05, 3.63) is 65.9 Å². The van der Waals surface area contributed by atoms with Crippen molar-refractivity contribution < 1.29 is 4.74 Å². The Bertz CT molecular complexity index is 492. The molecule has 0 radical (unpaired) electrons. The van der Waals surface area contributed by atoms with E-state index in [0.29, 0.717) is 19.0 Å². The van der Waals surface area contributed by atoms with Gasteiger partial charge in [-0.3, -0.25) is 0 Å². The van der Waals surface area contributed by atoms with Gasteiger partial charge >= 0.3 is 0 Å². The Balaban J connectivity index is 1.83. The van der Waals surface area contributed by atoms with Gasteiger partial charge in [0.1, 0.15) is 6.61 Å². The van der Waals surface area contributed by atoms with Crippen LogP contribution in [0.1, 0.15) is 11.1 Å². The maximum atomic E-state index is 5.49. The predicted molar refractivity (Wildman–Crippen MR) is 73.1 cm³/mol. The Hall–Kier alpha value is -2.13. The molecule has 0 atom stereocenters. The van der Waals surface area contributed by atoms with Gasteiger partial charge in [-0.1, -0.05) is 42.5 Å². The highest BCUT2D eigenvalue weighted by Crippen LogP contribution is 2.07. The van der Waals surface area contributed by atoms with E-state index >= 15 is 0 Å². The first-order valence-electron chi connectivity index (χ1n) is 5.88. The molecule has 92 valence electrons. The summed E-state index contributed by atoms with van der Waals surface area (Å²) in [4.78, 5) is 4.16. The van der Waals surface area contributed by atoms with Crippen molar-refractivity contribution in [2.45, 2.75) is 6.54 Å². The van der Waals surface area contributed by atoms with Crippen LogP contribution >= 0.6 is 0 Å². The van der Waals surface area contributed by atoms with E-state index in [1.54, 1.807) is 6.20 Å². The normalized spacial score (nSPS) is 10.7. The zero-order valence-corrected chi connectivity index (χ0v) is 10.1. The topological polar surface area (TPSA) is 48.1 Å². The largest absolute Gasteiger partial charge is 0.473 e. The van der Waals surface area contributed by atoms with Crippen molar-refractivity contribution >= 4 is 6.08 Å². The van der Waals surface area contributed by atoms with Gasteiger partial charge in [0, 0.05) is 18.8 Å². The van der Waals surface area contributed by atoms with Gasteiger partial charge in [-0.05, 0) is 17.2 Å². The third kappa shape index (κ3) is 3.71. The van der Waals surface area contributed by atoms with E-state index in [2.05, 4.69) is 4.98 Å². The molecule has 3 nitrogen and oxygen atoms in total. The summed E-state index contributed by atoms with van der Waals surface area (Å²) in [5.74, 6) is 0.616. The second-order valence-electron chi connectivity index (χ2n) is 3.83. The SMILES string of the molecule is NCc1ccc(OCC=Cc2ccccc2)nc1. The van der Waals surface area contributed by atoms with E-state index in [1.807, 2.05) is 54.6 Å². The van der Waals surface area contributed by atoms with Crippen LogP contribution < -0.4 is 10.5 Å². The van der Waals surface area contributed by atoms with E-state index in [4.69, 9.17) is 10.5 Å². The molecule has 0 aliphatic rings. The number of nitrogens with zero attached hydrogens (tertiary/aromatic N) is 1. The lowest BCUT2D eigenvalue weighted by molar-refractivity contribution is 0.349. The summed E-state index contributed by atoms with van der Waals surface area (Å²) in [6.07, 6.45) is 5.72. The fraction of sp³-hybridized carbons (Fsp3) is 0.133. The number of ether oxygens (including phenoxy) is 1. The van der Waals surface area contributed by atoms with Crippen molar-refractivity contribution in [3.8, 4) is 5.88 Å². The predicted octanol–water partition coefficient (Wildman–Crippen LogP) is 2.63. The van der Waals surface area contributed by atoms with Crippen LogP contribution in [0.4, 0.5) is 0 Å². The summed E-state index contributed by atoms with van der Waals surface area (Å²) >= 11 is 0.